The Morgan fingerprint density at radius 3 is 2.35 bits per heavy atom. The van der Waals surface area contributed by atoms with Gasteiger partial charge in [0.25, 0.3) is 0 Å². The summed E-state index contributed by atoms with van der Waals surface area (Å²) < 4.78 is 0. The quantitative estimate of drug-likeness (QED) is 0.711. The lowest BCUT2D eigenvalue weighted by atomic mass is 10.1. The number of nitrogens with zero attached hydrogens (tertiary/aromatic N) is 2. The second-order valence-corrected chi connectivity index (χ2v) is 4.18. The van der Waals surface area contributed by atoms with Crippen LogP contribution in [0.15, 0.2) is 47.7 Å². The Balaban J connectivity index is 2.43. The van der Waals surface area contributed by atoms with E-state index in [1.165, 1.54) is 11.1 Å². The third-order valence-electron chi connectivity index (χ3n) is 2.80. The summed E-state index contributed by atoms with van der Waals surface area (Å²) in [6, 6.07) is 10.2. The number of aromatic nitrogens is 1. The Morgan fingerprint density at radius 2 is 1.76 bits per heavy atom. The number of pyridine rings is 1. The molecule has 0 unspecified atom stereocenters. The average Bonchev–Trinajstić information content (AvgIpc) is 2.35. The van der Waals surface area contributed by atoms with E-state index in [1.807, 2.05) is 25.3 Å². The molecule has 86 valence electrons. The number of para-hydroxylation sites is 1. The minimum Gasteiger partial charge on any atom is -0.264 e. The van der Waals surface area contributed by atoms with Crippen molar-refractivity contribution in [3.05, 3.63) is 59.4 Å². The number of aryl methyl sites for hydroxylation is 2. The minimum absolute atomic E-state index is 0.996. The highest BCUT2D eigenvalue weighted by Gasteiger charge is 2.02. The Bertz CT molecular complexity index is 522. The lowest BCUT2D eigenvalue weighted by Crippen LogP contribution is -1.95. The van der Waals surface area contributed by atoms with Crippen molar-refractivity contribution >= 4 is 11.4 Å². The summed E-state index contributed by atoms with van der Waals surface area (Å²) in [5, 5.41) is 0. The Labute approximate surface area is 102 Å². The van der Waals surface area contributed by atoms with Crippen LogP contribution in [0.2, 0.25) is 0 Å². The first kappa shape index (κ1) is 11.5. The van der Waals surface area contributed by atoms with Crippen LogP contribution in [-0.2, 0) is 0 Å². The Kier molecular flexibility index (Phi) is 3.33. The fraction of sp³-hybridized carbons (Fsp3) is 0.200. The van der Waals surface area contributed by atoms with Crippen LogP contribution in [0.5, 0.6) is 0 Å². The van der Waals surface area contributed by atoms with Crippen LogP contribution >= 0.6 is 0 Å². The molecule has 2 rings (SSSR count). The molecule has 0 saturated carbocycles. The van der Waals surface area contributed by atoms with E-state index in [9.17, 15) is 0 Å². The average molecular weight is 224 g/mol. The molecule has 0 aliphatic carbocycles. The summed E-state index contributed by atoms with van der Waals surface area (Å²) in [5.41, 5.74) is 5.53. The van der Waals surface area contributed by atoms with Gasteiger partial charge in [0.05, 0.1) is 5.69 Å². The van der Waals surface area contributed by atoms with E-state index in [0.717, 1.165) is 17.0 Å². The molecule has 17 heavy (non-hydrogen) atoms. The molecule has 1 heterocycles. The van der Waals surface area contributed by atoms with Crippen molar-refractivity contribution in [3.8, 4) is 0 Å². The van der Waals surface area contributed by atoms with Gasteiger partial charge < -0.3 is 0 Å². The predicted octanol–water partition coefficient (Wildman–Crippen LogP) is 3.84. The molecule has 0 saturated heterocycles. The van der Waals surface area contributed by atoms with Crippen molar-refractivity contribution in [2.24, 2.45) is 4.99 Å². The maximum atomic E-state index is 4.70. The number of rotatable bonds is 2. The molecule has 0 radical (unpaired) electrons. The van der Waals surface area contributed by atoms with Gasteiger partial charge in [0.2, 0.25) is 0 Å². The van der Waals surface area contributed by atoms with Gasteiger partial charge in [0.15, 0.2) is 0 Å². The SMILES string of the molecule is CC(=Nc1c(C)cccc1C)c1cccnc1. The van der Waals surface area contributed by atoms with Crippen molar-refractivity contribution < 1.29 is 0 Å². The summed E-state index contributed by atoms with van der Waals surface area (Å²) in [5.74, 6) is 0. The maximum Gasteiger partial charge on any atom is 0.0691 e. The number of aliphatic imine (C=N–C) groups is 1. The lowest BCUT2D eigenvalue weighted by molar-refractivity contribution is 1.29. The van der Waals surface area contributed by atoms with E-state index in [4.69, 9.17) is 4.99 Å². The minimum atomic E-state index is 0.996. The normalized spacial score (nSPS) is 11.6. The van der Waals surface area contributed by atoms with Crippen LogP contribution in [0.1, 0.15) is 23.6 Å². The molecular formula is C15H16N2. The molecule has 2 nitrogen and oxygen atoms in total. The molecule has 0 spiro atoms. The number of hydrogen-bond acceptors (Lipinski definition) is 2. The maximum absolute atomic E-state index is 4.70. The standard InChI is InChI=1S/C15H16N2/c1-11-6-4-7-12(2)15(11)17-13(3)14-8-5-9-16-10-14/h4-10H,1-3H3. The van der Waals surface area contributed by atoms with Crippen LogP contribution in [-0.4, -0.2) is 10.7 Å². The van der Waals surface area contributed by atoms with Gasteiger partial charge in [-0.2, -0.15) is 0 Å². The molecule has 1 aromatic carbocycles. The molecule has 0 bridgehead atoms. The van der Waals surface area contributed by atoms with E-state index in [1.54, 1.807) is 6.20 Å². The van der Waals surface area contributed by atoms with Crippen LogP contribution in [0.3, 0.4) is 0 Å². The molecule has 0 N–H and O–H groups in total. The largest absolute Gasteiger partial charge is 0.264 e. The van der Waals surface area contributed by atoms with E-state index in [-0.39, 0.29) is 0 Å². The summed E-state index contributed by atoms with van der Waals surface area (Å²) in [6.07, 6.45) is 3.61. The molecule has 0 atom stereocenters. The van der Waals surface area contributed by atoms with Crippen molar-refractivity contribution in [3.63, 3.8) is 0 Å². The third kappa shape index (κ3) is 2.59. The third-order valence-corrected chi connectivity index (χ3v) is 2.80. The lowest BCUT2D eigenvalue weighted by Gasteiger charge is -2.06. The number of benzene rings is 1. The van der Waals surface area contributed by atoms with Gasteiger partial charge in [-0.1, -0.05) is 24.3 Å². The van der Waals surface area contributed by atoms with Gasteiger partial charge in [-0.05, 0) is 38.0 Å². The fourth-order valence-electron chi connectivity index (χ4n) is 1.79. The van der Waals surface area contributed by atoms with Crippen molar-refractivity contribution in [1.29, 1.82) is 0 Å². The zero-order valence-corrected chi connectivity index (χ0v) is 10.4. The van der Waals surface area contributed by atoms with Crippen LogP contribution in [0.25, 0.3) is 0 Å². The first-order chi connectivity index (χ1) is 8.18. The topological polar surface area (TPSA) is 25.2 Å². The molecule has 1 aromatic heterocycles. The Morgan fingerprint density at radius 1 is 1.06 bits per heavy atom. The smallest absolute Gasteiger partial charge is 0.0691 e. The van der Waals surface area contributed by atoms with Gasteiger partial charge >= 0.3 is 0 Å². The van der Waals surface area contributed by atoms with Crippen molar-refractivity contribution in [1.82, 2.24) is 4.98 Å². The molecule has 0 amide bonds. The second-order valence-electron chi connectivity index (χ2n) is 4.18. The van der Waals surface area contributed by atoms with Crippen LogP contribution in [0.4, 0.5) is 5.69 Å². The zero-order chi connectivity index (χ0) is 12.3. The monoisotopic (exact) mass is 224 g/mol. The van der Waals surface area contributed by atoms with Crippen LogP contribution in [0, 0.1) is 13.8 Å². The van der Waals surface area contributed by atoms with Gasteiger partial charge in [-0.3, -0.25) is 9.98 Å². The summed E-state index contributed by atoms with van der Waals surface area (Å²) >= 11 is 0. The number of hydrogen-bond donors (Lipinski definition) is 0. The van der Waals surface area contributed by atoms with Gasteiger partial charge in [-0.15, -0.1) is 0 Å². The van der Waals surface area contributed by atoms with Crippen LogP contribution < -0.4 is 0 Å². The molecule has 0 aliphatic heterocycles. The summed E-state index contributed by atoms with van der Waals surface area (Å²) in [6.45, 7) is 6.19. The van der Waals surface area contributed by atoms with Crippen molar-refractivity contribution in [2.45, 2.75) is 20.8 Å². The van der Waals surface area contributed by atoms with Crippen molar-refractivity contribution in [2.75, 3.05) is 0 Å². The summed E-state index contributed by atoms with van der Waals surface area (Å²) in [4.78, 5) is 8.82. The van der Waals surface area contributed by atoms with Gasteiger partial charge in [-0.25, -0.2) is 0 Å². The highest BCUT2D eigenvalue weighted by atomic mass is 14.8. The molecule has 0 aliphatic rings. The highest BCUT2D eigenvalue weighted by molar-refractivity contribution is 6.00. The Hall–Kier alpha value is -1.96. The fourth-order valence-corrected chi connectivity index (χ4v) is 1.79. The zero-order valence-electron chi connectivity index (χ0n) is 10.4. The second kappa shape index (κ2) is 4.91. The molecule has 2 heteroatoms. The first-order valence-corrected chi connectivity index (χ1v) is 5.70. The molecular weight excluding hydrogens is 208 g/mol. The summed E-state index contributed by atoms with van der Waals surface area (Å²) in [7, 11) is 0. The highest BCUT2D eigenvalue weighted by Crippen LogP contribution is 2.23. The van der Waals surface area contributed by atoms with Gasteiger partial charge in [0.1, 0.15) is 0 Å². The van der Waals surface area contributed by atoms with E-state index in [0.29, 0.717) is 0 Å². The van der Waals surface area contributed by atoms with Gasteiger partial charge in [0, 0.05) is 23.7 Å². The van der Waals surface area contributed by atoms with E-state index < -0.39 is 0 Å². The van der Waals surface area contributed by atoms with E-state index >= 15 is 0 Å². The molecule has 0 fully saturated rings. The predicted molar refractivity (Wildman–Crippen MR) is 72.0 cm³/mol. The molecule has 2 aromatic rings. The van der Waals surface area contributed by atoms with E-state index in [2.05, 4.69) is 37.0 Å². The first-order valence-electron chi connectivity index (χ1n) is 5.70.